The molecule has 0 radical (unpaired) electrons. The van der Waals surface area contributed by atoms with Gasteiger partial charge in [0.05, 0.1) is 10.2 Å². The first-order valence-corrected chi connectivity index (χ1v) is 6.98. The lowest BCUT2D eigenvalue weighted by atomic mass is 10.2. The average molecular weight is 290 g/mol. The first-order chi connectivity index (χ1) is 9.61. The Morgan fingerprint density at radius 3 is 2.85 bits per heavy atom. The summed E-state index contributed by atoms with van der Waals surface area (Å²) in [5.41, 5.74) is 2.37. The number of hydrogen-bond donors (Lipinski definition) is 1. The molecule has 3 rings (SSSR count). The van der Waals surface area contributed by atoms with E-state index in [0.29, 0.717) is 10.7 Å². The number of nitrogens with one attached hydrogen (secondary N) is 1. The summed E-state index contributed by atoms with van der Waals surface area (Å²) in [5.74, 6) is -0.862. The number of rotatable bonds is 3. The Morgan fingerprint density at radius 1 is 1.15 bits per heavy atom. The Bertz CT molecular complexity index is 768. The van der Waals surface area contributed by atoms with Crippen molar-refractivity contribution in [2.75, 3.05) is 5.32 Å². The lowest BCUT2D eigenvalue weighted by Crippen LogP contribution is -2.01. The van der Waals surface area contributed by atoms with E-state index in [1.165, 1.54) is 23.0 Å². The third kappa shape index (κ3) is 2.63. The lowest BCUT2D eigenvalue weighted by Gasteiger charge is -2.04. The summed E-state index contributed by atoms with van der Waals surface area (Å²) in [6.07, 6.45) is 0. The van der Waals surface area contributed by atoms with E-state index in [4.69, 9.17) is 0 Å². The van der Waals surface area contributed by atoms with Crippen LogP contribution in [0, 0.1) is 18.6 Å². The average Bonchev–Trinajstić information content (AvgIpc) is 2.81. The van der Waals surface area contributed by atoms with Crippen LogP contribution in [0.3, 0.4) is 0 Å². The maximum Gasteiger partial charge on any atom is 0.184 e. The van der Waals surface area contributed by atoms with Crippen molar-refractivity contribution in [1.82, 2.24) is 4.98 Å². The molecule has 20 heavy (non-hydrogen) atoms. The highest BCUT2D eigenvalue weighted by molar-refractivity contribution is 7.22. The van der Waals surface area contributed by atoms with Gasteiger partial charge in [-0.3, -0.25) is 0 Å². The number of thiazole rings is 1. The van der Waals surface area contributed by atoms with Gasteiger partial charge in [0, 0.05) is 12.1 Å². The number of aryl methyl sites for hydroxylation is 1. The van der Waals surface area contributed by atoms with E-state index in [-0.39, 0.29) is 6.54 Å². The molecule has 0 spiro atoms. The zero-order valence-corrected chi connectivity index (χ0v) is 11.6. The molecule has 0 saturated carbocycles. The molecule has 0 saturated heterocycles. The quantitative estimate of drug-likeness (QED) is 0.768. The number of anilines is 1. The molecule has 0 aliphatic carbocycles. The van der Waals surface area contributed by atoms with Gasteiger partial charge in [0.15, 0.2) is 5.13 Å². The van der Waals surface area contributed by atoms with Crippen LogP contribution in [0.15, 0.2) is 36.4 Å². The minimum atomic E-state index is -0.442. The second-order valence-corrected chi connectivity index (χ2v) is 5.61. The van der Waals surface area contributed by atoms with E-state index in [0.717, 1.165) is 22.3 Å². The normalized spacial score (nSPS) is 10.9. The molecule has 0 unspecified atom stereocenters. The van der Waals surface area contributed by atoms with Gasteiger partial charge in [0.25, 0.3) is 0 Å². The number of benzene rings is 2. The number of aromatic nitrogens is 1. The highest BCUT2D eigenvalue weighted by atomic mass is 32.1. The van der Waals surface area contributed by atoms with Gasteiger partial charge in [0.2, 0.25) is 0 Å². The fourth-order valence-electron chi connectivity index (χ4n) is 1.96. The minimum absolute atomic E-state index is 0.211. The van der Waals surface area contributed by atoms with Crippen LogP contribution in [-0.2, 0) is 6.54 Å². The zero-order chi connectivity index (χ0) is 14.1. The molecule has 0 fully saturated rings. The monoisotopic (exact) mass is 290 g/mol. The van der Waals surface area contributed by atoms with Gasteiger partial charge >= 0.3 is 0 Å². The Labute approximate surface area is 119 Å². The van der Waals surface area contributed by atoms with E-state index in [1.807, 2.05) is 19.1 Å². The second-order valence-electron chi connectivity index (χ2n) is 4.58. The minimum Gasteiger partial charge on any atom is -0.357 e. The van der Waals surface area contributed by atoms with Gasteiger partial charge < -0.3 is 5.32 Å². The van der Waals surface area contributed by atoms with E-state index in [2.05, 4.69) is 16.4 Å². The van der Waals surface area contributed by atoms with Gasteiger partial charge in [-0.2, -0.15) is 0 Å². The van der Waals surface area contributed by atoms with Crippen molar-refractivity contribution in [3.8, 4) is 0 Å². The number of fused-ring (bicyclic) bond motifs is 1. The van der Waals surface area contributed by atoms with Crippen LogP contribution in [0.2, 0.25) is 0 Å². The molecule has 0 atom stereocenters. The van der Waals surface area contributed by atoms with Crippen LogP contribution in [-0.4, -0.2) is 4.98 Å². The molecule has 0 aliphatic rings. The van der Waals surface area contributed by atoms with E-state index in [1.54, 1.807) is 0 Å². The fourth-order valence-corrected chi connectivity index (χ4v) is 2.92. The van der Waals surface area contributed by atoms with Gasteiger partial charge in [-0.25, -0.2) is 13.8 Å². The summed E-state index contributed by atoms with van der Waals surface area (Å²) in [6, 6.07) is 9.45. The Hall–Kier alpha value is -2.01. The van der Waals surface area contributed by atoms with Crippen LogP contribution in [0.5, 0.6) is 0 Å². The topological polar surface area (TPSA) is 24.9 Å². The molecule has 1 N–H and O–H groups in total. The van der Waals surface area contributed by atoms with Crippen LogP contribution >= 0.6 is 11.3 Å². The van der Waals surface area contributed by atoms with Gasteiger partial charge in [-0.15, -0.1) is 0 Å². The zero-order valence-electron chi connectivity index (χ0n) is 10.8. The Morgan fingerprint density at radius 2 is 2.00 bits per heavy atom. The second kappa shape index (κ2) is 5.17. The molecule has 3 aromatic rings. The van der Waals surface area contributed by atoms with Crippen molar-refractivity contribution in [3.63, 3.8) is 0 Å². The van der Waals surface area contributed by atoms with Crippen LogP contribution in [0.4, 0.5) is 13.9 Å². The summed E-state index contributed by atoms with van der Waals surface area (Å²) in [5, 5.41) is 3.74. The summed E-state index contributed by atoms with van der Waals surface area (Å²) in [4.78, 5) is 4.41. The first kappa shape index (κ1) is 13.0. The number of nitrogens with zero attached hydrogens (tertiary/aromatic N) is 1. The van der Waals surface area contributed by atoms with Crippen molar-refractivity contribution in [2.24, 2.45) is 0 Å². The Kier molecular flexibility index (Phi) is 3.36. The standard InChI is InChI=1S/C15H12F2N2S/c1-9-2-5-13-14(6-9)20-15(19-13)18-8-10-7-11(16)3-4-12(10)17/h2-7H,8H2,1H3,(H,18,19). The SMILES string of the molecule is Cc1ccc2nc(NCc3cc(F)ccc3F)sc2c1. The number of halogens is 2. The number of hydrogen-bond acceptors (Lipinski definition) is 3. The molecule has 2 nitrogen and oxygen atoms in total. The lowest BCUT2D eigenvalue weighted by molar-refractivity contribution is 0.587. The molecule has 102 valence electrons. The van der Waals surface area contributed by atoms with Gasteiger partial charge in [0.1, 0.15) is 11.6 Å². The van der Waals surface area contributed by atoms with E-state index < -0.39 is 11.6 Å². The van der Waals surface area contributed by atoms with Crippen molar-refractivity contribution in [1.29, 1.82) is 0 Å². The summed E-state index contributed by atoms with van der Waals surface area (Å²) < 4.78 is 27.7. The maximum absolute atomic E-state index is 13.5. The highest BCUT2D eigenvalue weighted by Gasteiger charge is 2.07. The molecule has 0 aliphatic heterocycles. The molecule has 1 aromatic heterocycles. The predicted octanol–water partition coefficient (Wildman–Crippen LogP) is 4.50. The van der Waals surface area contributed by atoms with Crippen molar-refractivity contribution >= 4 is 26.7 Å². The summed E-state index contributed by atoms with van der Waals surface area (Å²) in [6.45, 7) is 2.23. The predicted molar refractivity (Wildman–Crippen MR) is 78.0 cm³/mol. The van der Waals surface area contributed by atoms with Crippen LogP contribution in [0.1, 0.15) is 11.1 Å². The third-order valence-electron chi connectivity index (χ3n) is 2.98. The summed E-state index contributed by atoms with van der Waals surface area (Å²) >= 11 is 1.50. The summed E-state index contributed by atoms with van der Waals surface area (Å²) in [7, 11) is 0. The first-order valence-electron chi connectivity index (χ1n) is 6.17. The molecular weight excluding hydrogens is 278 g/mol. The highest BCUT2D eigenvalue weighted by Crippen LogP contribution is 2.27. The molecule has 5 heteroatoms. The van der Waals surface area contributed by atoms with Gasteiger partial charge in [-0.05, 0) is 42.8 Å². The Balaban J connectivity index is 1.81. The fraction of sp³-hybridized carbons (Fsp3) is 0.133. The van der Waals surface area contributed by atoms with Crippen LogP contribution in [0.25, 0.3) is 10.2 Å². The molecule has 1 heterocycles. The van der Waals surface area contributed by atoms with Crippen LogP contribution < -0.4 is 5.32 Å². The molecular formula is C15H12F2N2S. The van der Waals surface area contributed by atoms with E-state index >= 15 is 0 Å². The van der Waals surface area contributed by atoms with Gasteiger partial charge in [-0.1, -0.05) is 17.4 Å². The largest absolute Gasteiger partial charge is 0.357 e. The maximum atomic E-state index is 13.5. The smallest absolute Gasteiger partial charge is 0.184 e. The van der Waals surface area contributed by atoms with Crippen molar-refractivity contribution in [2.45, 2.75) is 13.5 Å². The molecule has 0 amide bonds. The van der Waals surface area contributed by atoms with E-state index in [9.17, 15) is 8.78 Å². The van der Waals surface area contributed by atoms with Crippen molar-refractivity contribution in [3.05, 3.63) is 59.2 Å². The molecule has 2 aromatic carbocycles. The molecule has 0 bridgehead atoms. The van der Waals surface area contributed by atoms with Crippen molar-refractivity contribution < 1.29 is 8.78 Å². The third-order valence-corrected chi connectivity index (χ3v) is 3.96.